The second-order valence-electron chi connectivity index (χ2n) is 4.18. The van der Waals surface area contributed by atoms with Crippen molar-refractivity contribution >= 4 is 16.7 Å². The third-order valence-corrected chi connectivity index (χ3v) is 2.55. The molecule has 1 heterocycles. The maximum atomic E-state index is 13.4. The summed E-state index contributed by atoms with van der Waals surface area (Å²) in [5.74, 6) is -2.14. The Bertz CT molecular complexity index is 594. The zero-order valence-electron chi connectivity index (χ0n) is 11.5. The van der Waals surface area contributed by atoms with Crippen molar-refractivity contribution in [3.8, 4) is 0 Å². The van der Waals surface area contributed by atoms with Crippen molar-refractivity contribution in [3.05, 3.63) is 41.6 Å². The average molecular weight is 265 g/mol. The Morgan fingerprint density at radius 3 is 2.42 bits per heavy atom. The summed E-state index contributed by atoms with van der Waals surface area (Å²) in [6.07, 6.45) is 1.28. The topological polar surface area (TPSA) is 30.0 Å². The second-order valence-corrected chi connectivity index (χ2v) is 4.18. The molecule has 0 saturated carbocycles. The Labute approximate surface area is 111 Å². The largest absolute Gasteiger partial charge is 0.294 e. The van der Waals surface area contributed by atoms with Crippen LogP contribution in [-0.4, -0.2) is 10.8 Å². The molecule has 0 bridgehead atoms. The number of hydrogen-bond donors (Lipinski definition) is 0. The number of rotatable bonds is 2. The monoisotopic (exact) mass is 265 g/mol. The van der Waals surface area contributed by atoms with Gasteiger partial charge in [-0.1, -0.05) is 27.7 Å². The molecule has 2 nitrogen and oxygen atoms in total. The summed E-state index contributed by atoms with van der Waals surface area (Å²) in [4.78, 5) is 15.5. The van der Waals surface area contributed by atoms with Crippen LogP contribution in [0.25, 0.3) is 10.9 Å². The summed E-state index contributed by atoms with van der Waals surface area (Å²) < 4.78 is 26.3. The lowest BCUT2D eigenvalue weighted by atomic mass is 10.0. The first-order valence-corrected chi connectivity index (χ1v) is 6.28. The van der Waals surface area contributed by atoms with Gasteiger partial charge in [-0.2, -0.15) is 0 Å². The fourth-order valence-electron chi connectivity index (χ4n) is 1.61. The molecule has 0 aliphatic carbocycles. The van der Waals surface area contributed by atoms with Crippen LogP contribution in [-0.2, 0) is 0 Å². The molecule has 4 heteroatoms. The molecule has 0 unspecified atom stereocenters. The molecule has 2 rings (SSSR count). The van der Waals surface area contributed by atoms with Gasteiger partial charge in [-0.05, 0) is 18.2 Å². The van der Waals surface area contributed by atoms with E-state index >= 15 is 0 Å². The van der Waals surface area contributed by atoms with Crippen LogP contribution in [0, 0.1) is 17.6 Å². The first-order chi connectivity index (χ1) is 9.00. The molecule has 1 aromatic carbocycles. The molecule has 0 aliphatic rings. The van der Waals surface area contributed by atoms with Crippen molar-refractivity contribution in [2.75, 3.05) is 0 Å². The second kappa shape index (κ2) is 6.36. The van der Waals surface area contributed by atoms with E-state index < -0.39 is 11.6 Å². The number of halogens is 2. The highest BCUT2D eigenvalue weighted by molar-refractivity contribution is 5.99. The zero-order valence-corrected chi connectivity index (χ0v) is 11.5. The first-order valence-electron chi connectivity index (χ1n) is 6.28. The minimum absolute atomic E-state index is 0.0506. The third-order valence-electron chi connectivity index (χ3n) is 2.55. The van der Waals surface area contributed by atoms with Crippen molar-refractivity contribution in [2.45, 2.75) is 27.7 Å². The average Bonchev–Trinajstić information content (AvgIpc) is 2.44. The van der Waals surface area contributed by atoms with Gasteiger partial charge in [0.25, 0.3) is 0 Å². The number of carbonyl (C=O) groups is 1. The molecule has 2 aromatic rings. The van der Waals surface area contributed by atoms with Crippen molar-refractivity contribution in [3.63, 3.8) is 0 Å². The molecule has 0 radical (unpaired) electrons. The molecular formula is C15H17F2NO. The van der Waals surface area contributed by atoms with E-state index in [-0.39, 0.29) is 17.2 Å². The van der Waals surface area contributed by atoms with Crippen LogP contribution in [0.4, 0.5) is 8.78 Å². The molecule has 0 fully saturated rings. The minimum atomic E-state index is -0.981. The van der Waals surface area contributed by atoms with Gasteiger partial charge in [0.1, 0.15) is 5.52 Å². The van der Waals surface area contributed by atoms with Crippen molar-refractivity contribution in [2.24, 2.45) is 5.92 Å². The van der Waals surface area contributed by atoms with Crippen LogP contribution >= 0.6 is 0 Å². The Morgan fingerprint density at radius 1 is 1.21 bits per heavy atom. The van der Waals surface area contributed by atoms with Gasteiger partial charge in [0.2, 0.25) is 0 Å². The number of ketones is 1. The number of fused-ring (bicyclic) bond motifs is 1. The molecule has 0 amide bonds. The predicted molar refractivity (Wildman–Crippen MR) is 72.2 cm³/mol. The van der Waals surface area contributed by atoms with Gasteiger partial charge in [0, 0.05) is 23.1 Å². The highest BCUT2D eigenvalue weighted by atomic mass is 19.2. The van der Waals surface area contributed by atoms with E-state index in [1.165, 1.54) is 18.3 Å². The van der Waals surface area contributed by atoms with Crippen LogP contribution in [0.5, 0.6) is 0 Å². The third kappa shape index (κ3) is 3.13. The van der Waals surface area contributed by atoms with Crippen LogP contribution in [0.3, 0.4) is 0 Å². The normalized spacial score (nSPS) is 10.3. The van der Waals surface area contributed by atoms with E-state index in [9.17, 15) is 13.6 Å². The number of nitrogens with zero attached hydrogens (tertiary/aromatic N) is 1. The van der Waals surface area contributed by atoms with Gasteiger partial charge >= 0.3 is 0 Å². The maximum Gasteiger partial charge on any atom is 0.184 e. The van der Waals surface area contributed by atoms with Gasteiger partial charge in [-0.3, -0.25) is 9.78 Å². The lowest BCUT2D eigenvalue weighted by Gasteiger charge is -2.05. The fourth-order valence-corrected chi connectivity index (χ4v) is 1.61. The quantitative estimate of drug-likeness (QED) is 0.754. The minimum Gasteiger partial charge on any atom is -0.294 e. The number of carbonyl (C=O) groups excluding carboxylic acids is 1. The molecule has 0 aliphatic heterocycles. The summed E-state index contributed by atoms with van der Waals surface area (Å²) in [6.45, 7) is 7.55. The van der Waals surface area contributed by atoms with Gasteiger partial charge in [-0.25, -0.2) is 8.78 Å². The lowest BCUT2D eigenvalue weighted by molar-refractivity contribution is 0.0939. The molecular weight excluding hydrogens is 248 g/mol. The summed E-state index contributed by atoms with van der Waals surface area (Å²) in [6, 6.07) is 3.98. The number of benzene rings is 1. The predicted octanol–water partition coefficient (Wildman–Crippen LogP) is 4.38. The van der Waals surface area contributed by atoms with E-state index in [0.29, 0.717) is 10.9 Å². The Morgan fingerprint density at radius 2 is 1.84 bits per heavy atom. The number of Topliss-reactive ketones (excluding diaryl/α,β-unsaturated/α-hetero) is 1. The van der Waals surface area contributed by atoms with Crippen molar-refractivity contribution in [1.82, 2.24) is 4.98 Å². The van der Waals surface area contributed by atoms with Gasteiger partial charge in [-0.15, -0.1) is 0 Å². The molecule has 19 heavy (non-hydrogen) atoms. The SMILES string of the molecule is CC.CC(C)C(=O)c1cnc2c(F)c(F)ccc2c1. The van der Waals surface area contributed by atoms with Gasteiger partial charge in [0.15, 0.2) is 17.4 Å². The highest BCUT2D eigenvalue weighted by Crippen LogP contribution is 2.20. The van der Waals surface area contributed by atoms with Crippen molar-refractivity contribution in [1.29, 1.82) is 0 Å². The number of aromatic nitrogens is 1. The summed E-state index contributed by atoms with van der Waals surface area (Å²) in [5.41, 5.74) is 0.365. The summed E-state index contributed by atoms with van der Waals surface area (Å²) >= 11 is 0. The van der Waals surface area contributed by atoms with E-state index in [4.69, 9.17) is 0 Å². The smallest absolute Gasteiger partial charge is 0.184 e. The Kier molecular flexibility index (Phi) is 5.10. The first kappa shape index (κ1) is 15.2. The Balaban J connectivity index is 0.000000861. The molecule has 0 N–H and O–H groups in total. The van der Waals surface area contributed by atoms with Crippen LogP contribution in [0.2, 0.25) is 0 Å². The Hall–Kier alpha value is -1.84. The zero-order chi connectivity index (χ0) is 14.6. The van der Waals surface area contributed by atoms with Crippen LogP contribution in [0.15, 0.2) is 24.4 Å². The fraction of sp³-hybridized carbons (Fsp3) is 0.333. The van der Waals surface area contributed by atoms with Crippen molar-refractivity contribution < 1.29 is 13.6 Å². The number of hydrogen-bond acceptors (Lipinski definition) is 2. The van der Waals surface area contributed by atoms with Crippen LogP contribution < -0.4 is 0 Å². The molecule has 0 spiro atoms. The van der Waals surface area contributed by atoms with Gasteiger partial charge in [0.05, 0.1) is 0 Å². The summed E-state index contributed by atoms with van der Waals surface area (Å²) in [7, 11) is 0. The van der Waals surface area contributed by atoms with E-state index in [1.807, 2.05) is 13.8 Å². The van der Waals surface area contributed by atoms with Gasteiger partial charge < -0.3 is 0 Å². The molecule has 0 atom stereocenters. The number of pyridine rings is 1. The molecule has 102 valence electrons. The van der Waals surface area contributed by atoms with E-state index in [2.05, 4.69) is 4.98 Å². The van der Waals surface area contributed by atoms with Crippen LogP contribution in [0.1, 0.15) is 38.1 Å². The molecule has 0 saturated heterocycles. The lowest BCUT2D eigenvalue weighted by Crippen LogP contribution is -2.08. The molecule has 1 aromatic heterocycles. The summed E-state index contributed by atoms with van der Waals surface area (Å²) in [5, 5.41) is 0.426. The standard InChI is InChI=1S/C13H11F2NO.C2H6/c1-7(2)13(17)9-5-8-3-4-10(14)11(15)12(8)16-6-9;1-2/h3-7H,1-2H3;1-2H3. The van der Waals surface area contributed by atoms with E-state index in [1.54, 1.807) is 13.8 Å². The maximum absolute atomic E-state index is 13.4. The van der Waals surface area contributed by atoms with E-state index in [0.717, 1.165) is 6.07 Å². The highest BCUT2D eigenvalue weighted by Gasteiger charge is 2.14.